The lowest BCUT2D eigenvalue weighted by Gasteiger charge is -2.08. The summed E-state index contributed by atoms with van der Waals surface area (Å²) in [5.41, 5.74) is 19.0. The number of fused-ring (bicyclic) bond motifs is 10. The third kappa shape index (κ3) is 19.7. The molecule has 0 saturated heterocycles. The van der Waals surface area contributed by atoms with E-state index in [2.05, 4.69) is 195 Å². The van der Waals surface area contributed by atoms with E-state index in [0.717, 1.165) is 122 Å². The maximum Gasteiger partial charge on any atom is 0.490 e. The van der Waals surface area contributed by atoms with Gasteiger partial charge in [0.2, 0.25) is 0 Å². The fourth-order valence-electron chi connectivity index (χ4n) is 12.9. The summed E-state index contributed by atoms with van der Waals surface area (Å²) in [6, 6.07) is 97.3. The number of benzene rings is 8. The van der Waals surface area contributed by atoms with Crippen LogP contribution in [0.25, 0.3) is 117 Å². The van der Waals surface area contributed by atoms with Gasteiger partial charge in [0.15, 0.2) is 0 Å². The number of halogens is 5. The fourth-order valence-corrected chi connectivity index (χ4v) is 13.8. The first-order chi connectivity index (χ1) is 55.8. The lowest BCUT2D eigenvalue weighted by atomic mass is 9.82. The molecule has 23 heteroatoms. The van der Waals surface area contributed by atoms with Crippen LogP contribution in [0.3, 0.4) is 0 Å². The lowest BCUT2D eigenvalue weighted by molar-refractivity contribution is 0.414. The van der Waals surface area contributed by atoms with Crippen molar-refractivity contribution in [1.29, 1.82) is 0 Å². The van der Waals surface area contributed by atoms with Gasteiger partial charge in [0.05, 0.1) is 64.4 Å². The van der Waals surface area contributed by atoms with Gasteiger partial charge in [0.1, 0.15) is 50.1 Å². The number of rotatable bonds is 9. The maximum absolute atomic E-state index is 9.98. The summed E-state index contributed by atoms with van der Waals surface area (Å²) in [5, 5.41) is 32.6. The quantitative estimate of drug-likeness (QED) is 0.0907. The van der Waals surface area contributed by atoms with Gasteiger partial charge in [-0.05, 0) is 214 Å². The standard InChI is InChI=1S/C23H17N3O.C22H15N3O.C14H12O.C13H9BrN2.C10H7ClN2.C5H5BClNO2.C5H4BrN.BrH/c1-27-17-10-11-19-18-6-2-3-8-21(18)26(22(19)14-17)23-12-9-16(15-25-23)20-7-4-5-13-24-20;26-16-9-10-18-17-5-1-2-7-20(17)25(21(18)13-16)22-11-8-15(14-24-22)19-6-3-4-12-23-19;1-15-12-6-7-14-11(9-12)8-10-4-2-3-5-13(10)14;14-10-4-3-5-11(8-10)16-9-15-12-6-1-2-7-13(12)16;11-10-5-4-8(7-13-10)9-3-1-2-6-12-9;7-5-2-1-4(3-8-5)6(9)10;6-5-3-1-2-4-7-5;/h2-15H,1H3;1-14,26H;2-7,9H,8H2,1H3;1-9H;1-7H;1-3,9-10H;1-4H;1H. The second-order valence-corrected chi connectivity index (χ2v) is 28.0. The zero-order valence-electron chi connectivity index (χ0n) is 61.7. The second kappa shape index (κ2) is 38.8. The molecule has 0 unspecified atom stereocenters. The molecule has 11 aromatic heterocycles. The molecule has 0 spiro atoms. The van der Waals surface area contributed by atoms with Gasteiger partial charge >= 0.3 is 7.12 Å². The number of phenols is 1. The van der Waals surface area contributed by atoms with E-state index in [9.17, 15) is 5.11 Å². The minimum absolute atomic E-state index is 0. The molecule has 3 N–H and O–H groups in total. The van der Waals surface area contributed by atoms with Crippen LogP contribution in [-0.4, -0.2) is 95.0 Å². The highest BCUT2D eigenvalue weighted by molar-refractivity contribution is 9.10. The van der Waals surface area contributed by atoms with Crippen molar-refractivity contribution < 1.29 is 24.6 Å². The van der Waals surface area contributed by atoms with Crippen LogP contribution in [0.15, 0.2) is 362 Å². The van der Waals surface area contributed by atoms with Gasteiger partial charge in [-0.1, -0.05) is 154 Å². The number of aromatic hydroxyl groups is 1. The second-order valence-electron chi connectivity index (χ2n) is 25.5. The molecule has 20 rings (SSSR count). The van der Waals surface area contributed by atoms with Crippen molar-refractivity contribution in [3.05, 3.63) is 384 Å². The number of hydrogen-bond acceptors (Lipinski definition) is 14. The largest absolute Gasteiger partial charge is 0.508 e. The van der Waals surface area contributed by atoms with Crippen LogP contribution in [0.2, 0.25) is 10.3 Å². The molecule has 1 aliphatic carbocycles. The summed E-state index contributed by atoms with van der Waals surface area (Å²) in [6.45, 7) is 0. The summed E-state index contributed by atoms with van der Waals surface area (Å²) < 4.78 is 19.0. The Kier molecular flexibility index (Phi) is 27.1. The van der Waals surface area contributed by atoms with E-state index >= 15 is 0 Å². The number of methoxy groups -OCH3 is 2. The molecule has 0 amide bonds. The molecule has 0 saturated carbocycles. The van der Waals surface area contributed by atoms with Gasteiger partial charge in [-0.2, -0.15) is 0 Å². The Labute approximate surface area is 700 Å². The number of aromatic nitrogens is 12. The summed E-state index contributed by atoms with van der Waals surface area (Å²) in [7, 11) is 1.93. The first-order valence-electron chi connectivity index (χ1n) is 35.9. The van der Waals surface area contributed by atoms with Crippen molar-refractivity contribution in [3.8, 4) is 79.5 Å². The number of hydrogen-bond donors (Lipinski definition) is 3. The molecular formula is C92H70BBr3Cl2N12O5. The Bertz CT molecular complexity index is 6410. The number of imidazole rings is 1. The smallest absolute Gasteiger partial charge is 0.490 e. The third-order valence-electron chi connectivity index (χ3n) is 18.3. The van der Waals surface area contributed by atoms with Crippen LogP contribution in [-0.2, 0) is 6.42 Å². The SMILES string of the molecule is Br.Brc1cccc(-n2cnc3ccccc32)c1.Brc1ccccn1.COc1ccc2c(c1)Cc1ccccc1-2.COc1ccc2c3ccccc3n(-c3ccc(-c4ccccn4)cn3)c2c1.Clc1ccc(-c2ccccn2)cn1.OB(O)c1ccc(Cl)nc1.Oc1ccc2c3ccccc3n(-c3ccc(-c4ccccn4)cn3)c2c1. The molecule has 19 aromatic rings. The van der Waals surface area contributed by atoms with Crippen molar-refractivity contribution in [1.82, 2.24) is 58.6 Å². The molecule has 8 aromatic carbocycles. The van der Waals surface area contributed by atoms with Gasteiger partial charge in [0, 0.05) is 116 Å². The van der Waals surface area contributed by atoms with Crippen LogP contribution in [0.5, 0.6) is 17.2 Å². The Morgan fingerprint density at radius 1 is 0.383 bits per heavy atom. The molecule has 0 fully saturated rings. The molecule has 0 aliphatic heterocycles. The van der Waals surface area contributed by atoms with Crippen LogP contribution < -0.4 is 14.9 Å². The van der Waals surface area contributed by atoms with E-state index < -0.39 is 7.12 Å². The molecule has 11 heterocycles. The normalized spacial score (nSPS) is 10.7. The predicted octanol–water partition coefficient (Wildman–Crippen LogP) is 21.9. The highest BCUT2D eigenvalue weighted by Crippen LogP contribution is 2.39. The van der Waals surface area contributed by atoms with E-state index in [0.29, 0.717) is 15.8 Å². The molecule has 566 valence electrons. The lowest BCUT2D eigenvalue weighted by Crippen LogP contribution is -2.29. The summed E-state index contributed by atoms with van der Waals surface area (Å²) in [4.78, 5) is 38.3. The van der Waals surface area contributed by atoms with Gasteiger partial charge in [-0.3, -0.25) is 28.7 Å². The molecular weight excluding hydrogens is 1670 g/mol. The Hall–Kier alpha value is -12.6. The molecule has 115 heavy (non-hydrogen) atoms. The first kappa shape index (κ1) is 80.5. The van der Waals surface area contributed by atoms with Crippen LogP contribution in [0.4, 0.5) is 0 Å². The van der Waals surface area contributed by atoms with Crippen molar-refractivity contribution in [2.75, 3.05) is 14.2 Å². The predicted molar refractivity (Wildman–Crippen MR) is 476 cm³/mol. The minimum atomic E-state index is -1.47. The average Bonchev–Trinajstić information content (AvgIpc) is 1.60. The average molecular weight is 1750 g/mol. The van der Waals surface area contributed by atoms with E-state index in [4.69, 9.17) is 47.7 Å². The summed E-state index contributed by atoms with van der Waals surface area (Å²) >= 11 is 17.8. The molecule has 0 radical (unpaired) electrons. The van der Waals surface area contributed by atoms with E-state index in [1.165, 1.54) is 51.4 Å². The number of nitrogens with zero attached hydrogens (tertiary/aromatic N) is 12. The first-order valence-corrected chi connectivity index (χ1v) is 38.2. The van der Waals surface area contributed by atoms with Gasteiger partial charge in [-0.15, -0.1) is 17.0 Å². The minimum Gasteiger partial charge on any atom is -0.508 e. The van der Waals surface area contributed by atoms with Crippen molar-refractivity contribution >= 4 is 139 Å². The number of ether oxygens (including phenoxy) is 2. The molecule has 1 aliphatic rings. The van der Waals surface area contributed by atoms with Gasteiger partial charge in [-0.25, -0.2) is 29.9 Å². The van der Waals surface area contributed by atoms with Gasteiger partial charge < -0.3 is 24.6 Å². The van der Waals surface area contributed by atoms with Crippen LogP contribution >= 0.6 is 72.0 Å². The highest BCUT2D eigenvalue weighted by atomic mass is 79.9. The van der Waals surface area contributed by atoms with Crippen LogP contribution in [0.1, 0.15) is 11.1 Å². The Morgan fingerprint density at radius 2 is 0.870 bits per heavy atom. The molecule has 17 nitrogen and oxygen atoms in total. The Morgan fingerprint density at radius 3 is 1.38 bits per heavy atom. The van der Waals surface area contributed by atoms with Crippen molar-refractivity contribution in [2.45, 2.75) is 6.42 Å². The van der Waals surface area contributed by atoms with E-state index in [-0.39, 0.29) is 22.7 Å². The Balaban J connectivity index is 0.000000121. The summed E-state index contributed by atoms with van der Waals surface area (Å²) in [5.74, 6) is 3.69. The van der Waals surface area contributed by atoms with Gasteiger partial charge in [0.25, 0.3) is 0 Å². The van der Waals surface area contributed by atoms with E-state index in [1.807, 2.05) is 176 Å². The number of phenolic OH excluding ortho intramolecular Hbond substituents is 1. The highest BCUT2D eigenvalue weighted by Gasteiger charge is 2.20. The number of para-hydroxylation sites is 4. The zero-order chi connectivity index (χ0) is 78.7. The number of pyridine rings is 8. The maximum atomic E-state index is 9.98. The van der Waals surface area contributed by atoms with Crippen molar-refractivity contribution in [2.24, 2.45) is 0 Å². The van der Waals surface area contributed by atoms with Crippen LogP contribution in [0, 0.1) is 0 Å². The monoisotopic (exact) mass is 1740 g/mol. The third-order valence-corrected chi connectivity index (χ3v) is 19.7. The molecule has 0 atom stereocenters. The van der Waals surface area contributed by atoms with E-state index in [1.54, 1.807) is 63.4 Å². The summed E-state index contributed by atoms with van der Waals surface area (Å²) in [6.07, 6.45) is 16.7. The fraction of sp³-hybridized carbons (Fsp3) is 0.0326. The van der Waals surface area contributed by atoms with Crippen molar-refractivity contribution in [3.63, 3.8) is 0 Å². The zero-order valence-corrected chi connectivity index (χ0v) is 68.1. The molecule has 0 bridgehead atoms. The topological polar surface area (TPSA) is 210 Å².